The minimum atomic E-state index is -2.14. The number of hydrogen-bond acceptors (Lipinski definition) is 1. The first-order valence-electron chi connectivity index (χ1n) is 5.20. The summed E-state index contributed by atoms with van der Waals surface area (Å²) in [5.74, 6) is -9.46. The molecule has 0 fully saturated rings. The molecule has 0 heterocycles. The van der Waals surface area contributed by atoms with Crippen LogP contribution in [0.5, 0.6) is 0 Å². The number of benzene rings is 2. The minimum Gasteiger partial charge on any atom is -0.202 e. The minimum absolute atomic E-state index is 0.110. The van der Waals surface area contributed by atoms with Crippen molar-refractivity contribution in [3.8, 4) is 0 Å². The van der Waals surface area contributed by atoms with Gasteiger partial charge in [0.15, 0.2) is 23.3 Å². The number of hydrogen-bond donors (Lipinski definition) is 0. The molecule has 2 rings (SSSR count). The van der Waals surface area contributed by atoms with Crippen molar-refractivity contribution < 1.29 is 22.0 Å². The summed E-state index contributed by atoms with van der Waals surface area (Å²) < 4.78 is 65.5. The molecular formula is C13H7F5S. The molecule has 0 aliphatic rings. The van der Waals surface area contributed by atoms with Crippen molar-refractivity contribution >= 4 is 11.8 Å². The highest BCUT2D eigenvalue weighted by Gasteiger charge is 2.25. The molecule has 100 valence electrons. The molecule has 0 unspecified atom stereocenters. The predicted octanol–water partition coefficient (Wildman–Crippen LogP) is 4.67. The maximum atomic E-state index is 13.4. The van der Waals surface area contributed by atoms with Gasteiger partial charge in [-0.05, 0) is 5.56 Å². The van der Waals surface area contributed by atoms with Crippen LogP contribution >= 0.6 is 11.8 Å². The molecule has 0 spiro atoms. The van der Waals surface area contributed by atoms with Crippen molar-refractivity contribution in [2.24, 2.45) is 0 Å². The van der Waals surface area contributed by atoms with Gasteiger partial charge in [-0.15, -0.1) is 11.8 Å². The molecule has 0 aromatic heterocycles. The highest BCUT2D eigenvalue weighted by Crippen LogP contribution is 2.32. The smallest absolute Gasteiger partial charge is 0.200 e. The molecular weight excluding hydrogens is 283 g/mol. The van der Waals surface area contributed by atoms with Gasteiger partial charge in [0.1, 0.15) is 0 Å². The van der Waals surface area contributed by atoms with Crippen molar-refractivity contribution in [1.29, 1.82) is 0 Å². The molecule has 6 heteroatoms. The second-order valence-electron chi connectivity index (χ2n) is 3.67. The maximum absolute atomic E-state index is 13.4. The normalized spacial score (nSPS) is 10.8. The van der Waals surface area contributed by atoms with Crippen LogP contribution in [0.2, 0.25) is 0 Å². The van der Waals surface area contributed by atoms with Crippen LogP contribution in [0.1, 0.15) is 5.56 Å². The van der Waals surface area contributed by atoms with Gasteiger partial charge in [-0.25, -0.2) is 22.0 Å². The van der Waals surface area contributed by atoms with Gasteiger partial charge in [-0.3, -0.25) is 0 Å². The highest BCUT2D eigenvalue weighted by molar-refractivity contribution is 7.98. The van der Waals surface area contributed by atoms with Crippen LogP contribution in [-0.4, -0.2) is 0 Å². The molecule has 0 bridgehead atoms. The molecule has 0 amide bonds. The fourth-order valence-corrected chi connectivity index (χ4v) is 2.38. The van der Waals surface area contributed by atoms with Gasteiger partial charge in [0, 0.05) is 5.75 Å². The first-order valence-corrected chi connectivity index (χ1v) is 6.19. The third-order valence-electron chi connectivity index (χ3n) is 2.40. The third kappa shape index (κ3) is 2.73. The van der Waals surface area contributed by atoms with Crippen LogP contribution in [-0.2, 0) is 5.75 Å². The Bertz CT molecular complexity index is 569. The van der Waals surface area contributed by atoms with Crippen molar-refractivity contribution in [1.82, 2.24) is 0 Å². The Kier molecular flexibility index (Phi) is 4.09. The topological polar surface area (TPSA) is 0 Å². The fraction of sp³-hybridized carbons (Fsp3) is 0.0769. The van der Waals surface area contributed by atoms with Gasteiger partial charge in [-0.1, -0.05) is 30.3 Å². The summed E-state index contributed by atoms with van der Waals surface area (Å²) in [6.07, 6.45) is 0. The quantitative estimate of drug-likeness (QED) is 0.342. The van der Waals surface area contributed by atoms with Crippen LogP contribution in [0.3, 0.4) is 0 Å². The Hall–Kier alpha value is -1.56. The monoisotopic (exact) mass is 290 g/mol. The van der Waals surface area contributed by atoms with E-state index in [9.17, 15) is 22.0 Å². The van der Waals surface area contributed by atoms with E-state index in [1.807, 2.05) is 0 Å². The average Bonchev–Trinajstić information content (AvgIpc) is 2.44. The first-order chi connectivity index (χ1) is 9.02. The predicted molar refractivity (Wildman–Crippen MR) is 62.2 cm³/mol. The zero-order valence-electron chi connectivity index (χ0n) is 9.39. The Morgan fingerprint density at radius 3 is 1.68 bits per heavy atom. The largest absolute Gasteiger partial charge is 0.202 e. The van der Waals surface area contributed by atoms with E-state index in [-0.39, 0.29) is 5.75 Å². The molecule has 0 saturated heterocycles. The lowest BCUT2D eigenvalue weighted by molar-refractivity contribution is 0.361. The van der Waals surface area contributed by atoms with Gasteiger partial charge in [0.25, 0.3) is 0 Å². The van der Waals surface area contributed by atoms with Crippen LogP contribution in [0, 0.1) is 29.1 Å². The van der Waals surface area contributed by atoms with Gasteiger partial charge in [-0.2, -0.15) is 0 Å². The van der Waals surface area contributed by atoms with Crippen LogP contribution in [0.4, 0.5) is 22.0 Å². The number of halogens is 5. The Labute approximate surface area is 110 Å². The van der Waals surface area contributed by atoms with E-state index in [1.165, 1.54) is 0 Å². The summed E-state index contributed by atoms with van der Waals surface area (Å²) in [6, 6.07) is 8.58. The molecule has 0 aliphatic heterocycles. The molecule has 2 aromatic rings. The van der Waals surface area contributed by atoms with Crippen LogP contribution < -0.4 is 0 Å². The first kappa shape index (κ1) is 13.9. The zero-order chi connectivity index (χ0) is 14.0. The van der Waals surface area contributed by atoms with Crippen LogP contribution in [0.25, 0.3) is 0 Å². The summed E-state index contributed by atoms with van der Waals surface area (Å²) in [5.41, 5.74) is 0.719. The summed E-state index contributed by atoms with van der Waals surface area (Å²) >= 11 is 0.567. The van der Waals surface area contributed by atoms with Gasteiger partial charge in [0.2, 0.25) is 5.82 Å². The zero-order valence-corrected chi connectivity index (χ0v) is 10.2. The van der Waals surface area contributed by atoms with E-state index in [4.69, 9.17) is 0 Å². The summed E-state index contributed by atoms with van der Waals surface area (Å²) in [6.45, 7) is 0. The second-order valence-corrected chi connectivity index (χ2v) is 4.66. The van der Waals surface area contributed by atoms with Crippen molar-refractivity contribution in [2.75, 3.05) is 0 Å². The van der Waals surface area contributed by atoms with Gasteiger partial charge in [0.05, 0.1) is 4.90 Å². The third-order valence-corrected chi connectivity index (χ3v) is 3.52. The maximum Gasteiger partial charge on any atom is 0.200 e. The van der Waals surface area contributed by atoms with Gasteiger partial charge < -0.3 is 0 Å². The second kappa shape index (κ2) is 5.61. The summed E-state index contributed by atoms with van der Waals surface area (Å²) in [5, 5.41) is 0. The standard InChI is InChI=1S/C13H7F5S/c14-8-9(15)11(17)13(12(18)10(8)16)19-6-7-4-2-1-3-5-7/h1-5H,6H2. The molecule has 0 atom stereocenters. The Balaban J connectivity index is 2.31. The molecule has 19 heavy (non-hydrogen) atoms. The lowest BCUT2D eigenvalue weighted by Gasteiger charge is -2.07. The summed E-state index contributed by atoms with van der Waals surface area (Å²) in [7, 11) is 0. The van der Waals surface area contributed by atoms with E-state index in [2.05, 4.69) is 0 Å². The fourth-order valence-electron chi connectivity index (χ4n) is 1.44. The SMILES string of the molecule is Fc1c(F)c(F)c(SCc2ccccc2)c(F)c1F. The molecule has 0 nitrogen and oxygen atoms in total. The Morgan fingerprint density at radius 2 is 1.16 bits per heavy atom. The van der Waals surface area contributed by atoms with Crippen molar-refractivity contribution in [3.63, 3.8) is 0 Å². The lowest BCUT2D eigenvalue weighted by Crippen LogP contribution is -2.03. The molecule has 0 aliphatic carbocycles. The summed E-state index contributed by atoms with van der Waals surface area (Å²) in [4.78, 5) is -0.861. The average molecular weight is 290 g/mol. The van der Waals surface area contributed by atoms with Crippen molar-refractivity contribution in [3.05, 3.63) is 65.0 Å². The Morgan fingerprint density at radius 1 is 0.684 bits per heavy atom. The van der Waals surface area contributed by atoms with Crippen LogP contribution in [0.15, 0.2) is 35.2 Å². The van der Waals surface area contributed by atoms with E-state index in [0.29, 0.717) is 11.8 Å². The number of thioether (sulfide) groups is 1. The van der Waals surface area contributed by atoms with E-state index in [0.717, 1.165) is 5.56 Å². The molecule has 0 N–H and O–H groups in total. The lowest BCUT2D eigenvalue weighted by atomic mass is 10.2. The molecule has 2 aromatic carbocycles. The molecule has 0 radical (unpaired) electrons. The molecule has 0 saturated carbocycles. The van der Waals surface area contributed by atoms with Gasteiger partial charge >= 0.3 is 0 Å². The van der Waals surface area contributed by atoms with E-state index in [1.54, 1.807) is 30.3 Å². The van der Waals surface area contributed by atoms with Crippen molar-refractivity contribution in [2.45, 2.75) is 10.6 Å². The van der Waals surface area contributed by atoms with E-state index < -0.39 is 34.0 Å². The number of rotatable bonds is 3. The highest BCUT2D eigenvalue weighted by atomic mass is 32.2. The van der Waals surface area contributed by atoms with E-state index >= 15 is 0 Å².